The number of rotatable bonds is 0. The van der Waals surface area contributed by atoms with Gasteiger partial charge in [-0.15, -0.1) is 0 Å². The van der Waals surface area contributed by atoms with Crippen molar-refractivity contribution >= 4 is 0 Å². The Bertz CT molecular complexity index is 206. The molecule has 2 aliphatic rings. The number of hydrogen-bond acceptors (Lipinski definition) is 1. The molecule has 0 atom stereocenters. The summed E-state index contributed by atoms with van der Waals surface area (Å²) in [7, 11) is 2.31. The summed E-state index contributed by atoms with van der Waals surface area (Å²) < 4.78 is 0. The second-order valence-corrected chi connectivity index (χ2v) is 6.54. The molecule has 14 heavy (non-hydrogen) atoms. The van der Waals surface area contributed by atoms with Crippen molar-refractivity contribution in [3.63, 3.8) is 0 Å². The van der Waals surface area contributed by atoms with E-state index in [1.54, 1.807) is 0 Å². The minimum Gasteiger partial charge on any atom is -0.301 e. The summed E-state index contributed by atoms with van der Waals surface area (Å²) in [5, 5.41) is 0. The molecule has 0 aromatic heterocycles. The molecule has 1 aliphatic heterocycles. The van der Waals surface area contributed by atoms with E-state index in [2.05, 4.69) is 32.7 Å². The smallest absolute Gasteiger partial charge is 0.0218 e. The standard InChI is InChI=1S/C13H25N/c1-12(2,3)11-5-7-13(8-6-11)9-10-14(13)4/h11H,5-10H2,1-4H3. The van der Waals surface area contributed by atoms with Crippen molar-refractivity contribution in [1.82, 2.24) is 4.90 Å². The summed E-state index contributed by atoms with van der Waals surface area (Å²) in [4.78, 5) is 2.59. The average molecular weight is 195 g/mol. The molecule has 0 amide bonds. The Morgan fingerprint density at radius 2 is 1.64 bits per heavy atom. The van der Waals surface area contributed by atoms with Crippen LogP contribution in [0.15, 0.2) is 0 Å². The third-order valence-electron chi connectivity index (χ3n) is 4.86. The lowest BCUT2D eigenvalue weighted by molar-refractivity contribution is -0.0425. The van der Waals surface area contributed by atoms with Crippen LogP contribution in [-0.2, 0) is 0 Å². The van der Waals surface area contributed by atoms with Crippen LogP contribution in [0.25, 0.3) is 0 Å². The molecule has 0 unspecified atom stereocenters. The van der Waals surface area contributed by atoms with Crippen LogP contribution in [0.2, 0.25) is 0 Å². The van der Waals surface area contributed by atoms with Crippen LogP contribution in [0, 0.1) is 11.3 Å². The van der Waals surface area contributed by atoms with E-state index in [1.165, 1.54) is 38.6 Å². The minimum absolute atomic E-state index is 0.532. The van der Waals surface area contributed by atoms with E-state index in [4.69, 9.17) is 0 Å². The third-order valence-corrected chi connectivity index (χ3v) is 4.86. The van der Waals surface area contributed by atoms with Crippen molar-refractivity contribution in [2.45, 2.75) is 58.4 Å². The lowest BCUT2D eigenvalue weighted by Crippen LogP contribution is -2.59. The third kappa shape index (κ3) is 1.60. The molecule has 1 aliphatic carbocycles. The molecule has 2 fully saturated rings. The summed E-state index contributed by atoms with van der Waals surface area (Å²) >= 11 is 0. The molecule has 82 valence electrons. The predicted octanol–water partition coefficient (Wildman–Crippen LogP) is 3.30. The van der Waals surface area contributed by atoms with E-state index in [9.17, 15) is 0 Å². The van der Waals surface area contributed by atoms with Crippen molar-refractivity contribution in [3.05, 3.63) is 0 Å². The van der Waals surface area contributed by atoms with Gasteiger partial charge in [-0.3, -0.25) is 0 Å². The van der Waals surface area contributed by atoms with Crippen molar-refractivity contribution < 1.29 is 0 Å². The van der Waals surface area contributed by atoms with Gasteiger partial charge in [0, 0.05) is 12.1 Å². The van der Waals surface area contributed by atoms with Gasteiger partial charge in [-0.1, -0.05) is 20.8 Å². The summed E-state index contributed by atoms with van der Waals surface area (Å²) in [5.41, 5.74) is 1.17. The quantitative estimate of drug-likeness (QED) is 0.573. The van der Waals surface area contributed by atoms with Crippen LogP contribution in [0.1, 0.15) is 52.9 Å². The molecule has 1 spiro atoms. The Hall–Kier alpha value is -0.0400. The zero-order valence-corrected chi connectivity index (χ0v) is 10.3. The van der Waals surface area contributed by atoms with E-state index in [0.717, 1.165) is 5.92 Å². The highest BCUT2D eigenvalue weighted by molar-refractivity contribution is 5.01. The SMILES string of the molecule is CN1CCC12CCC(C(C)(C)C)CC2. The molecule has 1 heterocycles. The molecule has 1 saturated carbocycles. The van der Waals surface area contributed by atoms with Gasteiger partial charge in [0.15, 0.2) is 0 Å². The van der Waals surface area contributed by atoms with Crippen molar-refractivity contribution in [2.24, 2.45) is 11.3 Å². The van der Waals surface area contributed by atoms with Gasteiger partial charge in [-0.05, 0) is 50.5 Å². The first-order valence-electron chi connectivity index (χ1n) is 6.15. The van der Waals surface area contributed by atoms with Gasteiger partial charge in [0.25, 0.3) is 0 Å². The molecular formula is C13H25N. The molecule has 0 bridgehead atoms. The van der Waals surface area contributed by atoms with Crippen LogP contribution in [0.4, 0.5) is 0 Å². The van der Waals surface area contributed by atoms with E-state index < -0.39 is 0 Å². The summed E-state index contributed by atoms with van der Waals surface area (Å²) in [6.45, 7) is 8.54. The van der Waals surface area contributed by atoms with Crippen molar-refractivity contribution in [3.8, 4) is 0 Å². The van der Waals surface area contributed by atoms with Crippen LogP contribution < -0.4 is 0 Å². The van der Waals surface area contributed by atoms with Gasteiger partial charge in [0.05, 0.1) is 0 Å². The fourth-order valence-corrected chi connectivity index (χ4v) is 3.30. The Kier molecular flexibility index (Phi) is 2.42. The lowest BCUT2D eigenvalue weighted by atomic mass is 9.64. The van der Waals surface area contributed by atoms with Gasteiger partial charge < -0.3 is 4.90 Å². The highest BCUT2D eigenvalue weighted by atomic mass is 15.2. The molecule has 1 heteroatoms. The van der Waals surface area contributed by atoms with Crippen LogP contribution >= 0.6 is 0 Å². The first kappa shape index (κ1) is 10.5. The second-order valence-electron chi connectivity index (χ2n) is 6.54. The Balaban J connectivity index is 1.92. The predicted molar refractivity (Wildman–Crippen MR) is 61.4 cm³/mol. The fraction of sp³-hybridized carbons (Fsp3) is 1.00. The minimum atomic E-state index is 0.532. The van der Waals surface area contributed by atoms with E-state index >= 15 is 0 Å². The highest BCUT2D eigenvalue weighted by Crippen LogP contribution is 2.47. The van der Waals surface area contributed by atoms with Gasteiger partial charge in [0.2, 0.25) is 0 Å². The summed E-state index contributed by atoms with van der Waals surface area (Å²) in [6.07, 6.45) is 7.26. The fourth-order valence-electron chi connectivity index (χ4n) is 3.30. The molecule has 0 aromatic carbocycles. The van der Waals surface area contributed by atoms with Crippen LogP contribution in [0.3, 0.4) is 0 Å². The Morgan fingerprint density at radius 3 is 1.93 bits per heavy atom. The molecule has 0 aromatic rings. The van der Waals surface area contributed by atoms with Crippen molar-refractivity contribution in [1.29, 1.82) is 0 Å². The average Bonchev–Trinajstić information content (AvgIpc) is 2.14. The maximum Gasteiger partial charge on any atom is 0.0218 e. The molecule has 1 saturated heterocycles. The monoisotopic (exact) mass is 195 g/mol. The van der Waals surface area contributed by atoms with Gasteiger partial charge >= 0.3 is 0 Å². The van der Waals surface area contributed by atoms with E-state index in [-0.39, 0.29) is 0 Å². The second kappa shape index (κ2) is 3.23. The topological polar surface area (TPSA) is 3.24 Å². The van der Waals surface area contributed by atoms with E-state index in [0.29, 0.717) is 11.0 Å². The number of likely N-dealkylation sites (tertiary alicyclic amines) is 1. The maximum absolute atomic E-state index is 2.59. The van der Waals surface area contributed by atoms with Gasteiger partial charge in [-0.2, -0.15) is 0 Å². The normalized spacial score (nSPS) is 39.9. The molecule has 2 rings (SSSR count). The lowest BCUT2D eigenvalue weighted by Gasteiger charge is -2.56. The first-order chi connectivity index (χ1) is 6.44. The summed E-state index contributed by atoms with van der Waals surface area (Å²) in [5.74, 6) is 0.960. The van der Waals surface area contributed by atoms with Crippen LogP contribution in [-0.4, -0.2) is 24.0 Å². The molecule has 0 radical (unpaired) electrons. The van der Waals surface area contributed by atoms with E-state index in [1.807, 2.05) is 0 Å². The van der Waals surface area contributed by atoms with Gasteiger partial charge in [0.1, 0.15) is 0 Å². The molecular weight excluding hydrogens is 170 g/mol. The summed E-state index contributed by atoms with van der Waals surface area (Å²) in [6, 6.07) is 0. The van der Waals surface area contributed by atoms with Crippen molar-refractivity contribution in [2.75, 3.05) is 13.6 Å². The highest BCUT2D eigenvalue weighted by Gasteiger charge is 2.45. The molecule has 1 nitrogen and oxygen atoms in total. The first-order valence-corrected chi connectivity index (χ1v) is 6.15. The van der Waals surface area contributed by atoms with Gasteiger partial charge in [-0.25, -0.2) is 0 Å². The van der Waals surface area contributed by atoms with Crippen LogP contribution in [0.5, 0.6) is 0 Å². The Labute approximate surface area is 88.9 Å². The maximum atomic E-state index is 2.59. The largest absolute Gasteiger partial charge is 0.301 e. The number of nitrogens with zero attached hydrogens (tertiary/aromatic N) is 1. The Morgan fingerprint density at radius 1 is 1.07 bits per heavy atom. The number of hydrogen-bond donors (Lipinski definition) is 0. The zero-order chi connectivity index (χ0) is 10.4. The molecule has 0 N–H and O–H groups in total. The zero-order valence-electron chi connectivity index (χ0n) is 10.3.